The first kappa shape index (κ1) is 18.9. The number of ether oxygens (including phenoxy) is 2. The fraction of sp³-hybridized carbons (Fsp3) is 0.111. The molecule has 0 aliphatic carbocycles. The number of aromatic hydroxyl groups is 1. The number of benzene rings is 2. The third-order valence-electron chi connectivity index (χ3n) is 3.81. The summed E-state index contributed by atoms with van der Waals surface area (Å²) >= 11 is 11.9. The zero-order valence-electron chi connectivity index (χ0n) is 14.2. The molecule has 0 spiro atoms. The molecule has 1 heterocycles. The third kappa shape index (κ3) is 3.65. The van der Waals surface area contributed by atoms with Gasteiger partial charge in [0.1, 0.15) is 5.57 Å². The number of hydrogen-bond acceptors (Lipinski definition) is 5. The van der Waals surface area contributed by atoms with E-state index in [2.05, 4.69) is 5.43 Å². The van der Waals surface area contributed by atoms with Gasteiger partial charge >= 0.3 is 0 Å². The first-order chi connectivity index (χ1) is 12.8. The first-order valence-electron chi connectivity index (χ1n) is 7.62. The second-order valence-corrected chi connectivity index (χ2v) is 6.41. The summed E-state index contributed by atoms with van der Waals surface area (Å²) in [5, 5.41) is 11.7. The van der Waals surface area contributed by atoms with Crippen molar-refractivity contribution in [2.24, 2.45) is 0 Å². The number of methoxy groups -OCH3 is 2. The normalized spacial score (nSPS) is 15.3. The number of phenolic OH excluding ortho intramolecular Hbond substituents is 1. The summed E-state index contributed by atoms with van der Waals surface area (Å²) in [6, 6.07) is 7.47. The van der Waals surface area contributed by atoms with Crippen LogP contribution in [-0.4, -0.2) is 31.1 Å². The molecule has 1 saturated heterocycles. The number of hydrogen-bond donors (Lipinski definition) is 2. The lowest BCUT2D eigenvalue weighted by Crippen LogP contribution is -2.35. The lowest BCUT2D eigenvalue weighted by molar-refractivity contribution is -0.117. The van der Waals surface area contributed by atoms with Crippen molar-refractivity contribution in [1.29, 1.82) is 0 Å². The van der Waals surface area contributed by atoms with Crippen LogP contribution in [0.5, 0.6) is 17.2 Å². The Kier molecular flexibility index (Phi) is 5.16. The van der Waals surface area contributed by atoms with Crippen molar-refractivity contribution in [3.63, 3.8) is 0 Å². The highest BCUT2D eigenvalue weighted by atomic mass is 35.5. The van der Waals surface area contributed by atoms with Crippen LogP contribution in [0.15, 0.2) is 35.9 Å². The molecule has 0 radical (unpaired) electrons. The van der Waals surface area contributed by atoms with Gasteiger partial charge in [-0.25, -0.2) is 5.01 Å². The number of anilines is 1. The highest BCUT2D eigenvalue weighted by molar-refractivity contribution is 6.36. The van der Waals surface area contributed by atoms with Crippen LogP contribution in [0, 0.1) is 0 Å². The van der Waals surface area contributed by atoms with E-state index in [-0.39, 0.29) is 22.8 Å². The molecule has 3 rings (SSSR count). The molecule has 2 aromatic rings. The van der Waals surface area contributed by atoms with Crippen molar-refractivity contribution in [2.45, 2.75) is 0 Å². The Bertz CT molecular complexity index is 929. The number of carbonyl (C=O) groups excluding carboxylic acids is 2. The van der Waals surface area contributed by atoms with Gasteiger partial charge in [0, 0.05) is 10.0 Å². The van der Waals surface area contributed by atoms with E-state index >= 15 is 0 Å². The SMILES string of the molecule is COc1cc(C=C2C(=O)NN(c3cc(Cl)cc(Cl)c3)C2=O)cc(OC)c1O. The van der Waals surface area contributed by atoms with Gasteiger partial charge in [-0.3, -0.25) is 15.0 Å². The van der Waals surface area contributed by atoms with E-state index in [0.717, 1.165) is 5.01 Å². The molecule has 0 unspecified atom stereocenters. The van der Waals surface area contributed by atoms with Crippen LogP contribution in [0.3, 0.4) is 0 Å². The molecular weight excluding hydrogens is 395 g/mol. The van der Waals surface area contributed by atoms with Gasteiger partial charge in [-0.15, -0.1) is 0 Å². The molecule has 1 aliphatic rings. The Morgan fingerprint density at radius 2 is 1.56 bits per heavy atom. The van der Waals surface area contributed by atoms with Crippen LogP contribution in [0.25, 0.3) is 6.08 Å². The maximum absolute atomic E-state index is 12.7. The van der Waals surface area contributed by atoms with Crippen LogP contribution in [-0.2, 0) is 9.59 Å². The van der Waals surface area contributed by atoms with Crippen molar-refractivity contribution in [2.75, 3.05) is 19.2 Å². The fourth-order valence-electron chi connectivity index (χ4n) is 2.57. The smallest absolute Gasteiger partial charge is 0.282 e. The lowest BCUT2D eigenvalue weighted by Gasteiger charge is -2.15. The molecule has 1 fully saturated rings. The van der Waals surface area contributed by atoms with E-state index in [0.29, 0.717) is 21.3 Å². The molecule has 0 atom stereocenters. The van der Waals surface area contributed by atoms with Crippen LogP contribution in [0.1, 0.15) is 5.56 Å². The number of halogens is 2. The van der Waals surface area contributed by atoms with Gasteiger partial charge in [0.25, 0.3) is 11.8 Å². The summed E-state index contributed by atoms with van der Waals surface area (Å²) in [5.41, 5.74) is 3.12. The quantitative estimate of drug-likeness (QED) is 0.598. The Morgan fingerprint density at radius 1 is 1.00 bits per heavy atom. The third-order valence-corrected chi connectivity index (χ3v) is 4.25. The summed E-state index contributed by atoms with van der Waals surface area (Å²) in [5.74, 6) is -1.07. The van der Waals surface area contributed by atoms with Gasteiger partial charge in [-0.2, -0.15) is 0 Å². The van der Waals surface area contributed by atoms with Gasteiger partial charge in [-0.05, 0) is 42.0 Å². The molecular formula is C18H14Cl2N2O5. The predicted octanol–water partition coefficient (Wildman–Crippen LogP) is 3.18. The standard InChI is InChI=1S/C18H14Cl2N2O5/c1-26-14-4-9(5-15(27-2)16(14)23)3-13-17(24)21-22(18(13)25)12-7-10(19)6-11(20)8-12/h3-8,23H,1-2H3,(H,21,24). The average molecular weight is 409 g/mol. The van der Waals surface area contributed by atoms with E-state index in [9.17, 15) is 14.7 Å². The Hall–Kier alpha value is -2.90. The second kappa shape index (κ2) is 7.38. The van der Waals surface area contributed by atoms with Crippen molar-refractivity contribution in [3.05, 3.63) is 51.5 Å². The van der Waals surface area contributed by atoms with E-state index in [1.165, 1.54) is 50.6 Å². The summed E-state index contributed by atoms with van der Waals surface area (Å²) in [7, 11) is 2.76. The fourth-order valence-corrected chi connectivity index (χ4v) is 3.09. The van der Waals surface area contributed by atoms with E-state index in [4.69, 9.17) is 32.7 Å². The highest BCUT2D eigenvalue weighted by Gasteiger charge is 2.34. The number of carbonyl (C=O) groups is 2. The number of nitrogens with zero attached hydrogens (tertiary/aromatic N) is 1. The topological polar surface area (TPSA) is 88.1 Å². The minimum Gasteiger partial charge on any atom is -0.502 e. The number of nitrogens with one attached hydrogen (secondary N) is 1. The largest absolute Gasteiger partial charge is 0.502 e. The molecule has 1 aliphatic heterocycles. The Morgan fingerprint density at radius 3 is 2.07 bits per heavy atom. The number of amides is 2. The number of rotatable bonds is 4. The van der Waals surface area contributed by atoms with Gasteiger partial charge in [0.15, 0.2) is 11.5 Å². The van der Waals surface area contributed by atoms with Gasteiger partial charge in [0.2, 0.25) is 5.75 Å². The maximum atomic E-state index is 12.7. The van der Waals surface area contributed by atoms with Crippen LogP contribution in [0.4, 0.5) is 5.69 Å². The van der Waals surface area contributed by atoms with Crippen molar-refractivity contribution in [1.82, 2.24) is 5.43 Å². The lowest BCUT2D eigenvalue weighted by atomic mass is 10.1. The van der Waals surface area contributed by atoms with E-state index < -0.39 is 11.8 Å². The van der Waals surface area contributed by atoms with Crippen molar-refractivity contribution in [3.8, 4) is 17.2 Å². The summed E-state index contributed by atoms with van der Waals surface area (Å²) in [4.78, 5) is 25.0. The van der Waals surface area contributed by atoms with Crippen LogP contribution < -0.4 is 19.9 Å². The van der Waals surface area contributed by atoms with E-state index in [1.807, 2.05) is 0 Å². The Balaban J connectivity index is 2.00. The van der Waals surface area contributed by atoms with Crippen LogP contribution in [0.2, 0.25) is 10.0 Å². The zero-order valence-corrected chi connectivity index (χ0v) is 15.8. The second-order valence-electron chi connectivity index (χ2n) is 5.54. The highest BCUT2D eigenvalue weighted by Crippen LogP contribution is 2.38. The average Bonchev–Trinajstić information content (AvgIpc) is 2.90. The van der Waals surface area contributed by atoms with Gasteiger partial charge in [0.05, 0.1) is 19.9 Å². The molecule has 0 aromatic heterocycles. The van der Waals surface area contributed by atoms with Crippen molar-refractivity contribution >= 4 is 46.8 Å². The van der Waals surface area contributed by atoms with Gasteiger partial charge in [-0.1, -0.05) is 23.2 Å². The zero-order chi connectivity index (χ0) is 19.7. The number of hydrazine groups is 1. The molecule has 9 heteroatoms. The monoisotopic (exact) mass is 408 g/mol. The predicted molar refractivity (Wildman–Crippen MR) is 101 cm³/mol. The molecule has 0 saturated carbocycles. The molecule has 0 bridgehead atoms. The molecule has 7 nitrogen and oxygen atoms in total. The van der Waals surface area contributed by atoms with E-state index in [1.54, 1.807) is 0 Å². The van der Waals surface area contributed by atoms with Crippen LogP contribution >= 0.6 is 23.2 Å². The Labute approximate surface area is 164 Å². The minimum atomic E-state index is -0.595. The molecule has 2 aromatic carbocycles. The molecule has 2 amide bonds. The summed E-state index contributed by atoms with van der Waals surface area (Å²) < 4.78 is 10.2. The minimum absolute atomic E-state index is 0.110. The first-order valence-corrected chi connectivity index (χ1v) is 8.38. The summed E-state index contributed by atoms with van der Waals surface area (Å²) in [6.07, 6.45) is 1.37. The number of phenols is 1. The van der Waals surface area contributed by atoms with Crippen molar-refractivity contribution < 1.29 is 24.2 Å². The van der Waals surface area contributed by atoms with Gasteiger partial charge < -0.3 is 14.6 Å². The molecule has 2 N–H and O–H groups in total. The summed E-state index contributed by atoms with van der Waals surface area (Å²) in [6.45, 7) is 0. The molecule has 140 valence electrons. The molecule has 27 heavy (non-hydrogen) atoms. The maximum Gasteiger partial charge on any atom is 0.282 e.